The van der Waals surface area contributed by atoms with Crippen molar-refractivity contribution >= 4 is 16.7 Å². The summed E-state index contributed by atoms with van der Waals surface area (Å²) in [6, 6.07) is 49.4. The highest BCUT2D eigenvalue weighted by atomic mass is 15.3. The van der Waals surface area contributed by atoms with Crippen LogP contribution < -0.4 is 4.90 Å². The molecule has 3 heterocycles. The molecule has 0 unspecified atom stereocenters. The molecule has 0 atom stereocenters. The normalized spacial score (nSPS) is 14.0. The molecule has 0 bridgehead atoms. The maximum absolute atomic E-state index is 5.10. The molecule has 5 aromatic carbocycles. The first-order chi connectivity index (χ1) is 22.8. The first-order valence-corrected chi connectivity index (χ1v) is 16.1. The van der Waals surface area contributed by atoms with Crippen molar-refractivity contribution in [3.8, 4) is 11.1 Å². The monoisotopic (exact) mass is 597 g/mol. The summed E-state index contributed by atoms with van der Waals surface area (Å²) in [7, 11) is 0. The Kier molecular flexibility index (Phi) is 7.35. The van der Waals surface area contributed by atoms with Crippen LogP contribution in [0.15, 0.2) is 158 Å². The fourth-order valence-corrected chi connectivity index (χ4v) is 7.21. The minimum atomic E-state index is -0.657. The fourth-order valence-electron chi connectivity index (χ4n) is 7.21. The summed E-state index contributed by atoms with van der Waals surface area (Å²) in [6.45, 7) is 1.95. The van der Waals surface area contributed by atoms with Crippen LogP contribution in [0.3, 0.4) is 0 Å². The standard InChI is InChI=1S/C41H35N5/c1-5-13-31(14-6-1)32-23-25-45(26-24-32)40-38-27-33(21-22-39(38)42-30-43-40)34-28-44-46(29-34)41(35-15-7-2-8-16-35,36-17-9-3-10-18-36)37-19-11-4-12-20-37/h1-22,27-30,32H,23-26H2. The first kappa shape index (κ1) is 28.0. The van der Waals surface area contributed by atoms with Gasteiger partial charge in [0.05, 0.1) is 11.7 Å². The molecular weight excluding hydrogens is 562 g/mol. The number of benzene rings is 5. The second kappa shape index (κ2) is 12.1. The lowest BCUT2D eigenvalue weighted by atomic mass is 9.77. The zero-order chi connectivity index (χ0) is 30.8. The summed E-state index contributed by atoms with van der Waals surface area (Å²) in [5.41, 5.74) is 7.32. The summed E-state index contributed by atoms with van der Waals surface area (Å²) >= 11 is 0. The van der Waals surface area contributed by atoms with Crippen LogP contribution in [0.2, 0.25) is 0 Å². The van der Waals surface area contributed by atoms with Crippen molar-refractivity contribution in [2.75, 3.05) is 18.0 Å². The van der Waals surface area contributed by atoms with E-state index in [9.17, 15) is 0 Å². The zero-order valence-electron chi connectivity index (χ0n) is 25.7. The number of hydrogen-bond donors (Lipinski definition) is 0. The van der Waals surface area contributed by atoms with Crippen molar-refractivity contribution in [3.63, 3.8) is 0 Å². The lowest BCUT2D eigenvalue weighted by Crippen LogP contribution is -2.38. The minimum absolute atomic E-state index is 0.589. The van der Waals surface area contributed by atoms with Crippen molar-refractivity contribution < 1.29 is 0 Å². The summed E-state index contributed by atoms with van der Waals surface area (Å²) in [6.07, 6.45) is 8.10. The van der Waals surface area contributed by atoms with E-state index < -0.39 is 5.54 Å². The van der Waals surface area contributed by atoms with Crippen LogP contribution in [0.25, 0.3) is 22.0 Å². The summed E-state index contributed by atoms with van der Waals surface area (Å²) < 4.78 is 2.13. The van der Waals surface area contributed by atoms with Crippen LogP contribution in [0.1, 0.15) is 41.0 Å². The van der Waals surface area contributed by atoms with Gasteiger partial charge < -0.3 is 4.90 Å². The molecule has 0 saturated carbocycles. The van der Waals surface area contributed by atoms with Gasteiger partial charge in [-0.25, -0.2) is 9.97 Å². The van der Waals surface area contributed by atoms with E-state index in [0.717, 1.165) is 70.5 Å². The molecule has 0 aliphatic carbocycles. The largest absolute Gasteiger partial charge is 0.356 e. The van der Waals surface area contributed by atoms with Crippen molar-refractivity contribution in [1.29, 1.82) is 0 Å². The molecule has 1 aliphatic heterocycles. The lowest BCUT2D eigenvalue weighted by molar-refractivity contribution is 0.460. The summed E-state index contributed by atoms with van der Waals surface area (Å²) in [4.78, 5) is 11.9. The quantitative estimate of drug-likeness (QED) is 0.172. The maximum Gasteiger partial charge on any atom is 0.139 e. The molecule has 46 heavy (non-hydrogen) atoms. The molecule has 224 valence electrons. The Balaban J connectivity index is 1.20. The van der Waals surface area contributed by atoms with Gasteiger partial charge >= 0.3 is 0 Å². The molecule has 1 fully saturated rings. The number of rotatable bonds is 7. The predicted molar refractivity (Wildman–Crippen MR) is 186 cm³/mol. The third-order valence-corrected chi connectivity index (χ3v) is 9.51. The number of anilines is 1. The topological polar surface area (TPSA) is 46.8 Å². The maximum atomic E-state index is 5.10. The Labute approximate surface area is 269 Å². The smallest absolute Gasteiger partial charge is 0.139 e. The Morgan fingerprint density at radius 2 is 1.15 bits per heavy atom. The Hall–Kier alpha value is -5.55. The molecule has 5 heteroatoms. The molecule has 8 rings (SSSR count). The number of hydrogen-bond acceptors (Lipinski definition) is 4. The van der Waals surface area contributed by atoms with E-state index in [0.29, 0.717) is 5.92 Å². The van der Waals surface area contributed by atoms with E-state index in [1.54, 1.807) is 6.33 Å². The predicted octanol–water partition coefficient (Wildman–Crippen LogP) is 8.72. The van der Waals surface area contributed by atoms with E-state index in [4.69, 9.17) is 10.1 Å². The van der Waals surface area contributed by atoms with Crippen LogP contribution in [-0.2, 0) is 5.54 Å². The van der Waals surface area contributed by atoms with Gasteiger partial charge in [0.25, 0.3) is 0 Å². The average Bonchev–Trinajstić information content (AvgIpc) is 3.64. The van der Waals surface area contributed by atoms with Gasteiger partial charge in [0, 0.05) is 30.2 Å². The molecule has 1 saturated heterocycles. The SMILES string of the molecule is c1ccc(C2CCN(c3ncnc4ccc(-c5cnn(C(c6ccccc6)(c6ccccc6)c6ccccc6)c5)cc34)CC2)cc1. The van der Waals surface area contributed by atoms with E-state index in [1.165, 1.54) is 5.56 Å². The van der Waals surface area contributed by atoms with Gasteiger partial charge in [0.1, 0.15) is 17.7 Å². The van der Waals surface area contributed by atoms with Crippen LogP contribution in [0.4, 0.5) is 5.82 Å². The van der Waals surface area contributed by atoms with Crippen molar-refractivity contribution in [1.82, 2.24) is 19.7 Å². The Morgan fingerprint density at radius 1 is 0.587 bits per heavy atom. The number of piperidine rings is 1. The second-order valence-electron chi connectivity index (χ2n) is 12.1. The van der Waals surface area contributed by atoms with E-state index in [1.807, 2.05) is 6.20 Å². The van der Waals surface area contributed by atoms with Crippen LogP contribution in [0, 0.1) is 0 Å². The molecule has 1 aliphatic rings. The van der Waals surface area contributed by atoms with Crippen molar-refractivity contribution in [2.45, 2.75) is 24.3 Å². The van der Waals surface area contributed by atoms with Gasteiger partial charge in [-0.3, -0.25) is 4.68 Å². The molecular formula is C41H35N5. The van der Waals surface area contributed by atoms with Crippen LogP contribution in [-0.4, -0.2) is 32.8 Å². The van der Waals surface area contributed by atoms with E-state index in [-0.39, 0.29) is 0 Å². The van der Waals surface area contributed by atoms with Crippen LogP contribution >= 0.6 is 0 Å². The third kappa shape index (κ3) is 4.94. The third-order valence-electron chi connectivity index (χ3n) is 9.51. The highest BCUT2D eigenvalue weighted by Crippen LogP contribution is 2.41. The van der Waals surface area contributed by atoms with Crippen molar-refractivity contribution in [2.24, 2.45) is 0 Å². The molecule has 0 spiro atoms. The lowest BCUT2D eigenvalue weighted by Gasteiger charge is -2.36. The van der Waals surface area contributed by atoms with E-state index >= 15 is 0 Å². The molecule has 5 nitrogen and oxygen atoms in total. The van der Waals surface area contributed by atoms with Gasteiger partial charge in [0.2, 0.25) is 0 Å². The number of aromatic nitrogens is 4. The van der Waals surface area contributed by atoms with Crippen LogP contribution in [0.5, 0.6) is 0 Å². The molecule has 0 amide bonds. The summed E-state index contributed by atoms with van der Waals surface area (Å²) in [5, 5.41) is 6.17. The summed E-state index contributed by atoms with van der Waals surface area (Å²) in [5.74, 6) is 1.60. The van der Waals surface area contributed by atoms with E-state index in [2.05, 4.69) is 160 Å². The van der Waals surface area contributed by atoms with Gasteiger partial charge in [-0.15, -0.1) is 0 Å². The average molecular weight is 598 g/mol. The highest BCUT2D eigenvalue weighted by molar-refractivity contribution is 5.92. The minimum Gasteiger partial charge on any atom is -0.356 e. The van der Waals surface area contributed by atoms with Gasteiger partial charge in [-0.1, -0.05) is 127 Å². The zero-order valence-corrected chi connectivity index (χ0v) is 25.7. The first-order valence-electron chi connectivity index (χ1n) is 16.1. The van der Waals surface area contributed by atoms with Crippen molar-refractivity contribution in [3.05, 3.63) is 181 Å². The van der Waals surface area contributed by atoms with Gasteiger partial charge in [-0.05, 0) is 58.7 Å². The number of nitrogens with zero attached hydrogens (tertiary/aromatic N) is 5. The Bertz CT molecular complexity index is 1950. The second-order valence-corrected chi connectivity index (χ2v) is 12.1. The molecule has 7 aromatic rings. The Morgan fingerprint density at radius 3 is 1.74 bits per heavy atom. The highest BCUT2D eigenvalue weighted by Gasteiger charge is 2.39. The van der Waals surface area contributed by atoms with Gasteiger partial charge in [-0.2, -0.15) is 5.10 Å². The molecule has 2 aromatic heterocycles. The fraction of sp³-hybridized carbons (Fsp3) is 0.146. The molecule has 0 N–H and O–H groups in total. The molecule has 0 radical (unpaired) electrons. The number of fused-ring (bicyclic) bond motifs is 1. The van der Waals surface area contributed by atoms with Gasteiger partial charge in [0.15, 0.2) is 0 Å².